The quantitative estimate of drug-likeness (QED) is 0.294. The Morgan fingerprint density at radius 2 is 2.00 bits per heavy atom. The number of rotatable bonds is 10. The topological polar surface area (TPSA) is 145 Å². The van der Waals surface area contributed by atoms with E-state index < -0.39 is 46.8 Å². The first-order chi connectivity index (χ1) is 19.5. The van der Waals surface area contributed by atoms with Gasteiger partial charge < -0.3 is 15.4 Å². The van der Waals surface area contributed by atoms with E-state index in [1.54, 1.807) is 4.57 Å². The SMILES string of the molecule is Cn1nc(OC(F)F)cc1Nc1nncn1[C@H]1CCc2sc(NC(=O)[C@H]3C[C@@H]3F)c(S(=O)(=O)N[C@H]3C[C@H](F)C3)c2C1. The maximum Gasteiger partial charge on any atom is 0.388 e. The van der Waals surface area contributed by atoms with E-state index in [2.05, 4.69) is 35.4 Å². The Kier molecular flexibility index (Phi) is 7.17. The molecule has 0 unspecified atom stereocenters. The second kappa shape index (κ2) is 10.5. The summed E-state index contributed by atoms with van der Waals surface area (Å²) in [4.78, 5) is 13.3. The van der Waals surface area contributed by atoms with Gasteiger partial charge in [0.15, 0.2) is 0 Å². The van der Waals surface area contributed by atoms with Crippen molar-refractivity contribution >= 4 is 44.0 Å². The molecule has 41 heavy (non-hydrogen) atoms. The molecule has 0 saturated heterocycles. The molecular weight excluding hydrogens is 592 g/mol. The van der Waals surface area contributed by atoms with Gasteiger partial charge in [-0.25, -0.2) is 26.6 Å². The largest absolute Gasteiger partial charge is 0.415 e. The zero-order valence-electron chi connectivity index (χ0n) is 21.6. The Balaban J connectivity index is 1.28. The summed E-state index contributed by atoms with van der Waals surface area (Å²) in [5, 5.41) is 17.7. The number of carbonyl (C=O) groups excluding carboxylic acids is 1. The molecule has 3 aliphatic carbocycles. The van der Waals surface area contributed by atoms with Crippen LogP contribution in [-0.2, 0) is 34.7 Å². The first-order valence-corrected chi connectivity index (χ1v) is 15.2. The van der Waals surface area contributed by atoms with E-state index in [1.807, 2.05) is 0 Å². The van der Waals surface area contributed by atoms with Gasteiger partial charge >= 0.3 is 6.61 Å². The first kappa shape index (κ1) is 27.9. The molecule has 3 aromatic heterocycles. The minimum atomic E-state index is -4.16. The predicted octanol–water partition coefficient (Wildman–Crippen LogP) is 3.22. The summed E-state index contributed by atoms with van der Waals surface area (Å²) < 4.78 is 89.2. The molecule has 222 valence electrons. The highest BCUT2D eigenvalue weighted by Gasteiger charge is 2.45. The first-order valence-electron chi connectivity index (χ1n) is 12.9. The number of sulfonamides is 1. The van der Waals surface area contributed by atoms with Crippen molar-refractivity contribution in [2.75, 3.05) is 10.6 Å². The van der Waals surface area contributed by atoms with E-state index in [0.29, 0.717) is 24.2 Å². The maximum absolute atomic E-state index is 13.6. The third kappa shape index (κ3) is 5.63. The molecule has 2 fully saturated rings. The Bertz CT molecular complexity index is 1570. The third-order valence-corrected chi connectivity index (χ3v) is 10.4. The van der Waals surface area contributed by atoms with Crippen molar-refractivity contribution in [3.8, 4) is 5.88 Å². The molecule has 18 heteroatoms. The van der Waals surface area contributed by atoms with Crippen LogP contribution in [0.25, 0.3) is 0 Å². The van der Waals surface area contributed by atoms with Crippen LogP contribution in [0, 0.1) is 5.92 Å². The van der Waals surface area contributed by atoms with Gasteiger partial charge in [-0.15, -0.1) is 26.6 Å². The van der Waals surface area contributed by atoms with Crippen LogP contribution in [0.15, 0.2) is 17.3 Å². The van der Waals surface area contributed by atoms with E-state index in [0.717, 1.165) is 16.2 Å². The van der Waals surface area contributed by atoms with E-state index in [1.165, 1.54) is 24.1 Å². The Hall–Kier alpha value is -3.25. The summed E-state index contributed by atoms with van der Waals surface area (Å²) >= 11 is 1.14. The van der Waals surface area contributed by atoms with Gasteiger partial charge in [-0.05, 0) is 44.1 Å². The number of aryl methyl sites for hydroxylation is 2. The smallest absolute Gasteiger partial charge is 0.388 e. The average molecular weight is 619 g/mol. The lowest BCUT2D eigenvalue weighted by molar-refractivity contribution is -0.117. The summed E-state index contributed by atoms with van der Waals surface area (Å²) in [5.74, 6) is -1.11. The number of alkyl halides is 4. The molecule has 0 aliphatic heterocycles. The molecule has 3 N–H and O–H groups in total. The molecule has 2 saturated carbocycles. The van der Waals surface area contributed by atoms with Gasteiger partial charge in [-0.3, -0.25) is 9.36 Å². The molecular formula is C23H26F4N8O4S2. The van der Waals surface area contributed by atoms with Crippen molar-refractivity contribution in [3.63, 3.8) is 0 Å². The van der Waals surface area contributed by atoms with Gasteiger partial charge in [-0.1, -0.05) is 0 Å². The molecule has 3 aliphatic rings. The third-order valence-electron chi connectivity index (χ3n) is 7.42. The lowest BCUT2D eigenvalue weighted by Crippen LogP contribution is -2.45. The van der Waals surface area contributed by atoms with Crippen LogP contribution < -0.4 is 20.1 Å². The number of ether oxygens (including phenoxy) is 1. The summed E-state index contributed by atoms with van der Waals surface area (Å²) in [6, 6.07) is 0.409. The summed E-state index contributed by atoms with van der Waals surface area (Å²) in [6.07, 6.45) is 0.658. The standard InChI is InChI=1S/C23H26F4N8O4S2/c1-34-17(8-18(32-34)39-22(26)27)29-23-31-28-9-35(23)12-2-3-16-14(6-12)19(41(37,38)33-11-4-10(24)5-11)21(40-16)30-20(36)13-7-15(13)25/h8-13,15,22,33H,2-7H2,1H3,(H,29,31)(H,30,36)/t10-,11-,12-,13-,15-/m0/s1. The number of carbonyl (C=O) groups is 1. The number of anilines is 3. The molecule has 3 aromatic rings. The monoisotopic (exact) mass is 618 g/mol. The molecule has 0 aromatic carbocycles. The number of fused-ring (bicyclic) bond motifs is 1. The zero-order chi connectivity index (χ0) is 29.1. The Labute approximate surface area is 235 Å². The van der Waals surface area contributed by atoms with Gasteiger partial charge in [0.25, 0.3) is 0 Å². The van der Waals surface area contributed by atoms with Crippen molar-refractivity contribution in [3.05, 3.63) is 22.8 Å². The minimum absolute atomic E-state index is 0.0648. The second-order valence-corrected chi connectivity index (χ2v) is 13.1. The highest BCUT2D eigenvalue weighted by atomic mass is 32.2. The van der Waals surface area contributed by atoms with Gasteiger partial charge in [0.1, 0.15) is 34.4 Å². The summed E-state index contributed by atoms with van der Waals surface area (Å²) in [6.45, 7) is -3.04. The van der Waals surface area contributed by atoms with Crippen molar-refractivity contribution in [1.29, 1.82) is 0 Å². The van der Waals surface area contributed by atoms with Gasteiger partial charge in [0.2, 0.25) is 27.8 Å². The number of aromatic nitrogens is 5. The van der Waals surface area contributed by atoms with Crippen LogP contribution in [0.4, 0.5) is 34.3 Å². The normalized spacial score (nSPS) is 25.5. The van der Waals surface area contributed by atoms with Crippen molar-refractivity contribution in [2.45, 2.75) is 74.5 Å². The van der Waals surface area contributed by atoms with Crippen LogP contribution in [0.3, 0.4) is 0 Å². The molecule has 0 spiro atoms. The molecule has 12 nitrogen and oxygen atoms in total. The Morgan fingerprint density at radius 1 is 1.24 bits per heavy atom. The average Bonchev–Trinajstić information content (AvgIpc) is 3.16. The van der Waals surface area contributed by atoms with E-state index >= 15 is 0 Å². The van der Waals surface area contributed by atoms with E-state index in [4.69, 9.17) is 0 Å². The fourth-order valence-corrected chi connectivity index (χ4v) is 8.36. The van der Waals surface area contributed by atoms with Gasteiger partial charge in [-0.2, -0.15) is 8.78 Å². The summed E-state index contributed by atoms with van der Waals surface area (Å²) in [5.41, 5.74) is 0.505. The molecule has 6 rings (SSSR count). The fraction of sp³-hybridized carbons (Fsp3) is 0.565. The van der Waals surface area contributed by atoms with Crippen LogP contribution in [0.2, 0.25) is 0 Å². The van der Waals surface area contributed by atoms with Crippen molar-refractivity contribution < 1.29 is 35.5 Å². The van der Waals surface area contributed by atoms with Crippen LogP contribution >= 0.6 is 11.3 Å². The maximum atomic E-state index is 13.6. The number of nitrogens with one attached hydrogen (secondary N) is 3. The van der Waals surface area contributed by atoms with Gasteiger partial charge in [0.05, 0.1) is 5.92 Å². The lowest BCUT2D eigenvalue weighted by Gasteiger charge is -2.30. The number of amides is 1. The number of halogens is 4. The van der Waals surface area contributed by atoms with E-state index in [-0.39, 0.29) is 53.5 Å². The van der Waals surface area contributed by atoms with Gasteiger partial charge in [0, 0.05) is 30.1 Å². The highest BCUT2D eigenvalue weighted by Crippen LogP contribution is 2.45. The molecule has 1 amide bonds. The highest BCUT2D eigenvalue weighted by molar-refractivity contribution is 7.90. The molecule has 3 atom stereocenters. The van der Waals surface area contributed by atoms with Crippen molar-refractivity contribution in [1.82, 2.24) is 29.3 Å². The number of hydrogen-bond donors (Lipinski definition) is 3. The predicted molar refractivity (Wildman–Crippen MR) is 138 cm³/mol. The lowest BCUT2D eigenvalue weighted by atomic mass is 9.92. The fourth-order valence-electron chi connectivity index (χ4n) is 5.13. The number of hydrogen-bond acceptors (Lipinski definition) is 9. The molecule has 0 radical (unpaired) electrons. The van der Waals surface area contributed by atoms with Crippen molar-refractivity contribution in [2.24, 2.45) is 13.0 Å². The number of nitrogens with zero attached hydrogens (tertiary/aromatic N) is 5. The molecule has 3 heterocycles. The second-order valence-electron chi connectivity index (χ2n) is 10.3. The van der Waals surface area contributed by atoms with E-state index in [9.17, 15) is 30.8 Å². The van der Waals surface area contributed by atoms with Crippen LogP contribution in [-0.4, -0.2) is 63.9 Å². The van der Waals surface area contributed by atoms with Crippen LogP contribution in [0.5, 0.6) is 5.88 Å². The molecule has 0 bridgehead atoms. The van der Waals surface area contributed by atoms with Crippen LogP contribution in [0.1, 0.15) is 42.2 Å². The minimum Gasteiger partial charge on any atom is -0.415 e. The number of thiophene rings is 1. The Morgan fingerprint density at radius 3 is 2.68 bits per heavy atom. The zero-order valence-corrected chi connectivity index (χ0v) is 23.2. The summed E-state index contributed by atoms with van der Waals surface area (Å²) in [7, 11) is -2.63.